The Kier molecular flexibility index (Phi) is 3.10. The van der Waals surface area contributed by atoms with Crippen LogP contribution in [-0.4, -0.2) is 22.1 Å². The monoisotopic (exact) mass is 354 g/mol. The van der Waals surface area contributed by atoms with E-state index < -0.39 is 24.5 Å². The fourth-order valence-corrected chi connectivity index (χ4v) is 3.19. The van der Waals surface area contributed by atoms with Gasteiger partial charge in [0.2, 0.25) is 0 Å². The molecule has 0 saturated carbocycles. The maximum atomic E-state index is 14.6. The quantitative estimate of drug-likeness (QED) is 0.533. The molecule has 0 spiro atoms. The van der Waals surface area contributed by atoms with Crippen molar-refractivity contribution in [1.82, 2.24) is 4.48 Å². The molecule has 0 bridgehead atoms. The van der Waals surface area contributed by atoms with Gasteiger partial charge in [-0.05, 0) is 30.5 Å². The lowest BCUT2D eigenvalue weighted by Crippen LogP contribution is -2.49. The zero-order valence-electron chi connectivity index (χ0n) is 12.4. The molecule has 2 nitrogen and oxygen atoms in total. The van der Waals surface area contributed by atoms with Gasteiger partial charge in [-0.25, -0.2) is 4.39 Å². The maximum Gasteiger partial charge on any atom is 0.737 e. The van der Waals surface area contributed by atoms with Gasteiger partial charge < -0.3 is 17.6 Å². The lowest BCUT2D eigenvalue weighted by Gasteiger charge is -2.31. The van der Waals surface area contributed by atoms with Crippen molar-refractivity contribution in [3.8, 4) is 0 Å². The molecule has 128 valence electrons. The van der Waals surface area contributed by atoms with Gasteiger partial charge in [-0.2, -0.15) is 13.2 Å². The van der Waals surface area contributed by atoms with Crippen molar-refractivity contribution in [2.24, 2.45) is 0 Å². The van der Waals surface area contributed by atoms with E-state index in [9.17, 15) is 26.2 Å². The number of rotatable bonds is 1. The first-order chi connectivity index (χ1) is 11.7. The molecule has 2 aromatic rings. The molecule has 2 aliphatic heterocycles. The molecule has 0 aliphatic carbocycles. The summed E-state index contributed by atoms with van der Waals surface area (Å²) in [6.45, 7) is -4.14. The van der Waals surface area contributed by atoms with Crippen molar-refractivity contribution in [3.05, 3.63) is 77.0 Å². The second kappa shape index (κ2) is 4.90. The molecule has 2 aliphatic rings. The van der Waals surface area contributed by atoms with Crippen LogP contribution < -0.4 is 0 Å². The summed E-state index contributed by atoms with van der Waals surface area (Å²) in [5.41, 5.74) is -1.08. The molecule has 0 amide bonds. The lowest BCUT2D eigenvalue weighted by molar-refractivity contribution is -0.356. The van der Waals surface area contributed by atoms with Crippen LogP contribution in [0.25, 0.3) is 5.57 Å². The van der Waals surface area contributed by atoms with E-state index in [4.69, 9.17) is 0 Å². The fourth-order valence-electron chi connectivity index (χ4n) is 3.19. The van der Waals surface area contributed by atoms with Gasteiger partial charge in [-0.3, -0.25) is 0 Å². The van der Waals surface area contributed by atoms with Gasteiger partial charge in [-0.1, -0.05) is 6.07 Å². The third-order valence-corrected chi connectivity index (χ3v) is 4.31. The second-order valence-electron chi connectivity index (χ2n) is 5.76. The second-order valence-corrected chi connectivity index (χ2v) is 5.76. The molecule has 4 rings (SSSR count). The summed E-state index contributed by atoms with van der Waals surface area (Å²) in [4.78, 5) is 0. The number of allylic oxidation sites excluding steroid dienone is 2. The first kappa shape index (κ1) is 15.8. The van der Waals surface area contributed by atoms with E-state index in [-0.39, 0.29) is 22.5 Å². The van der Waals surface area contributed by atoms with E-state index in [1.54, 1.807) is 0 Å². The van der Waals surface area contributed by atoms with E-state index in [1.807, 2.05) is 0 Å². The fraction of sp³-hybridized carbons (Fsp3) is 0.0625. The number of benzene rings is 1. The molecule has 9 heteroatoms. The van der Waals surface area contributed by atoms with Crippen LogP contribution in [-0.2, 0) is 6.18 Å². The molecule has 0 unspecified atom stereocenters. The summed E-state index contributed by atoms with van der Waals surface area (Å²) in [6.07, 6.45) is 0.422. The van der Waals surface area contributed by atoms with Crippen molar-refractivity contribution < 1.29 is 30.7 Å². The average molecular weight is 354 g/mol. The first-order valence-corrected chi connectivity index (χ1v) is 7.32. The Morgan fingerprint density at radius 1 is 1.08 bits per heavy atom. The highest BCUT2D eigenvalue weighted by Gasteiger charge is 2.51. The number of fused-ring (bicyclic) bond motifs is 2. The molecule has 0 radical (unpaired) electrons. The number of nitrogens with zero attached hydrogens (tertiary/aromatic N) is 2. The van der Waals surface area contributed by atoms with Gasteiger partial charge in [0.1, 0.15) is 12.0 Å². The summed E-state index contributed by atoms with van der Waals surface area (Å²) in [5, 5.41) is 0. The molecule has 1 aromatic carbocycles. The minimum absolute atomic E-state index is 0.0508. The number of hydrogen-bond donors (Lipinski definition) is 0. The van der Waals surface area contributed by atoms with Crippen LogP contribution in [0.15, 0.2) is 54.4 Å². The van der Waals surface area contributed by atoms with Gasteiger partial charge in [-0.15, -0.1) is 0 Å². The highest BCUT2D eigenvalue weighted by molar-refractivity contribution is 6.57. The lowest BCUT2D eigenvalue weighted by atomic mass is 9.86. The molecule has 0 fully saturated rings. The topological polar surface area (TPSA) is 7.94 Å². The van der Waals surface area contributed by atoms with Crippen molar-refractivity contribution in [2.45, 2.75) is 6.18 Å². The Balaban J connectivity index is 1.97. The van der Waals surface area contributed by atoms with Crippen molar-refractivity contribution >= 4 is 18.8 Å². The van der Waals surface area contributed by atoms with Gasteiger partial charge in [0.05, 0.1) is 11.1 Å². The van der Waals surface area contributed by atoms with Gasteiger partial charge in [0.25, 0.3) is 0 Å². The zero-order chi connectivity index (χ0) is 18.0. The zero-order valence-corrected chi connectivity index (χ0v) is 12.4. The smallest absolute Gasteiger partial charge is 0.396 e. The highest BCUT2D eigenvalue weighted by Crippen LogP contribution is 2.40. The minimum Gasteiger partial charge on any atom is -0.396 e. The summed E-state index contributed by atoms with van der Waals surface area (Å²) in [5.74, 6) is -1.12. The summed E-state index contributed by atoms with van der Waals surface area (Å²) >= 11 is 0. The Morgan fingerprint density at radius 3 is 2.52 bits per heavy atom. The van der Waals surface area contributed by atoms with Crippen LogP contribution in [0.4, 0.5) is 26.2 Å². The van der Waals surface area contributed by atoms with Crippen molar-refractivity contribution in [2.75, 3.05) is 0 Å². The standard InChI is InChI=1S/C16H9BF6N2/c18-12-9-10(16(19,20)21)5-6-11(12)15-13-3-1-7-24(13)17(22,23)25-8-2-4-14(15)25/h1-9H. The minimum atomic E-state index is -4.69. The van der Waals surface area contributed by atoms with Crippen LogP contribution in [0.1, 0.15) is 16.8 Å². The number of alkyl halides is 3. The third kappa shape index (κ3) is 2.18. The average Bonchev–Trinajstić information content (AvgIpc) is 3.17. The number of hydrogen-bond acceptors (Lipinski definition) is 0. The predicted octanol–water partition coefficient (Wildman–Crippen LogP) is 4.29. The van der Waals surface area contributed by atoms with Crippen molar-refractivity contribution in [1.29, 1.82) is 0 Å². The van der Waals surface area contributed by atoms with Crippen molar-refractivity contribution in [3.63, 3.8) is 0 Å². The van der Waals surface area contributed by atoms with E-state index >= 15 is 0 Å². The SMILES string of the molecule is Fc1cc(C(F)(F)F)ccc1C1=C2C=CC=[N+]2[B-](F)(F)n2cccc21. The van der Waals surface area contributed by atoms with E-state index in [0.29, 0.717) is 6.07 Å². The molecule has 0 N–H and O–H groups in total. The van der Waals surface area contributed by atoms with Gasteiger partial charge in [0, 0.05) is 23.4 Å². The molecule has 0 atom stereocenters. The molecule has 3 heterocycles. The highest BCUT2D eigenvalue weighted by atomic mass is 19.4. The van der Waals surface area contributed by atoms with E-state index in [1.165, 1.54) is 36.7 Å². The molecule has 25 heavy (non-hydrogen) atoms. The maximum absolute atomic E-state index is 14.6. The Hall–Kier alpha value is -2.71. The van der Waals surface area contributed by atoms with E-state index in [0.717, 1.165) is 21.1 Å². The summed E-state index contributed by atoms with van der Waals surface area (Å²) < 4.78 is 83.3. The number of aromatic nitrogens is 1. The van der Waals surface area contributed by atoms with Gasteiger partial charge in [0.15, 0.2) is 5.70 Å². The number of halogens is 6. The summed E-state index contributed by atoms with van der Waals surface area (Å²) in [7, 11) is 0. The molecular formula is C16H9BF6N2. The first-order valence-electron chi connectivity index (χ1n) is 7.32. The van der Waals surface area contributed by atoms with E-state index in [2.05, 4.69) is 0 Å². The largest absolute Gasteiger partial charge is 0.737 e. The van der Waals surface area contributed by atoms with Crippen LogP contribution in [0.5, 0.6) is 0 Å². The Morgan fingerprint density at radius 2 is 1.84 bits per heavy atom. The van der Waals surface area contributed by atoms with Crippen LogP contribution in [0.3, 0.4) is 0 Å². The van der Waals surface area contributed by atoms with Crippen LogP contribution >= 0.6 is 0 Å². The third-order valence-electron chi connectivity index (χ3n) is 4.31. The summed E-state index contributed by atoms with van der Waals surface area (Å²) in [6, 6.07) is 4.86. The predicted molar refractivity (Wildman–Crippen MR) is 80.7 cm³/mol. The molecule has 1 aromatic heterocycles. The Labute approximate surface area is 138 Å². The Bertz CT molecular complexity index is 981. The van der Waals surface area contributed by atoms with Gasteiger partial charge >= 0.3 is 13.1 Å². The van der Waals surface area contributed by atoms with Crippen LogP contribution in [0, 0.1) is 5.82 Å². The molecular weight excluding hydrogens is 345 g/mol. The molecule has 0 saturated heterocycles. The van der Waals surface area contributed by atoms with Crippen LogP contribution in [0.2, 0.25) is 0 Å². The normalized spacial score (nSPS) is 18.2.